The van der Waals surface area contributed by atoms with E-state index >= 15 is 0 Å². The van der Waals surface area contributed by atoms with Gasteiger partial charge in [-0.1, -0.05) is 32.6 Å². The second-order valence-corrected chi connectivity index (χ2v) is 2.72. The van der Waals surface area contributed by atoms with Crippen LogP contribution in [0.2, 0.25) is 0 Å². The molecule has 0 bridgehead atoms. The van der Waals surface area contributed by atoms with Crippen molar-refractivity contribution < 1.29 is 0 Å². The van der Waals surface area contributed by atoms with Crippen molar-refractivity contribution in [3.05, 3.63) is 6.42 Å². The Labute approximate surface area is 52.3 Å². The standard InChI is InChI=1S/C8H15/c1-2-5-8-6-3-4-7-8/h6,8H,2-5,7H2,1H3. The highest BCUT2D eigenvalue weighted by atomic mass is 14.2. The van der Waals surface area contributed by atoms with Crippen LogP contribution in [-0.2, 0) is 0 Å². The molecule has 1 saturated carbocycles. The predicted molar refractivity (Wildman–Crippen MR) is 36.5 cm³/mol. The first kappa shape index (κ1) is 6.12. The molecule has 0 aromatic carbocycles. The van der Waals surface area contributed by atoms with Crippen molar-refractivity contribution in [2.75, 3.05) is 0 Å². The quantitative estimate of drug-likeness (QED) is 0.514. The Hall–Kier alpha value is 0. The summed E-state index contributed by atoms with van der Waals surface area (Å²) in [5, 5.41) is 0. The molecule has 0 heteroatoms. The lowest BCUT2D eigenvalue weighted by Gasteiger charge is -2.03. The second-order valence-electron chi connectivity index (χ2n) is 2.72. The lowest BCUT2D eigenvalue weighted by molar-refractivity contribution is 0.559. The Morgan fingerprint density at radius 3 is 3.00 bits per heavy atom. The zero-order valence-corrected chi connectivity index (χ0v) is 5.69. The summed E-state index contributed by atoms with van der Waals surface area (Å²) < 4.78 is 0. The van der Waals surface area contributed by atoms with E-state index in [0.29, 0.717) is 0 Å². The number of hydrogen-bond acceptors (Lipinski definition) is 0. The second kappa shape index (κ2) is 3.11. The van der Waals surface area contributed by atoms with Crippen molar-refractivity contribution in [2.45, 2.75) is 39.0 Å². The van der Waals surface area contributed by atoms with Gasteiger partial charge in [-0.15, -0.1) is 0 Å². The summed E-state index contributed by atoms with van der Waals surface area (Å²) in [4.78, 5) is 0. The Morgan fingerprint density at radius 2 is 2.50 bits per heavy atom. The van der Waals surface area contributed by atoms with Crippen molar-refractivity contribution >= 4 is 0 Å². The lowest BCUT2D eigenvalue weighted by Crippen LogP contribution is -1.90. The maximum absolute atomic E-state index is 2.49. The zero-order valence-electron chi connectivity index (χ0n) is 5.69. The van der Waals surface area contributed by atoms with E-state index in [9.17, 15) is 0 Å². The summed E-state index contributed by atoms with van der Waals surface area (Å²) in [6.45, 7) is 2.27. The number of hydrogen-bond donors (Lipinski definition) is 0. The van der Waals surface area contributed by atoms with Gasteiger partial charge in [-0.05, 0) is 18.8 Å². The van der Waals surface area contributed by atoms with Crippen LogP contribution in [0, 0.1) is 12.3 Å². The molecule has 1 fully saturated rings. The van der Waals surface area contributed by atoms with Crippen molar-refractivity contribution in [3.63, 3.8) is 0 Å². The molecule has 8 heavy (non-hydrogen) atoms. The largest absolute Gasteiger partial charge is 0.0654 e. The minimum Gasteiger partial charge on any atom is -0.0654 e. The molecule has 1 aliphatic rings. The van der Waals surface area contributed by atoms with Crippen molar-refractivity contribution in [1.82, 2.24) is 0 Å². The van der Waals surface area contributed by atoms with Gasteiger partial charge in [-0.25, -0.2) is 0 Å². The third-order valence-corrected chi connectivity index (χ3v) is 1.94. The normalized spacial score (nSPS) is 22.1. The Kier molecular flexibility index (Phi) is 2.38. The summed E-state index contributed by atoms with van der Waals surface area (Å²) in [6.07, 6.45) is 9.58. The summed E-state index contributed by atoms with van der Waals surface area (Å²) in [5.41, 5.74) is 0. The molecule has 0 N–H and O–H groups in total. The summed E-state index contributed by atoms with van der Waals surface area (Å²) in [6, 6.07) is 0. The van der Waals surface area contributed by atoms with Gasteiger partial charge >= 0.3 is 0 Å². The fraction of sp³-hybridized carbons (Fsp3) is 0.875. The average molecular weight is 111 g/mol. The maximum atomic E-state index is 2.49. The summed E-state index contributed by atoms with van der Waals surface area (Å²) in [5.74, 6) is 0.986. The van der Waals surface area contributed by atoms with Crippen LogP contribution < -0.4 is 0 Å². The highest BCUT2D eigenvalue weighted by molar-refractivity contribution is 4.82. The maximum Gasteiger partial charge on any atom is -0.0355 e. The van der Waals surface area contributed by atoms with Crippen LogP contribution in [0.15, 0.2) is 0 Å². The first-order chi connectivity index (χ1) is 3.93. The fourth-order valence-corrected chi connectivity index (χ4v) is 1.48. The van der Waals surface area contributed by atoms with Gasteiger partial charge in [0.15, 0.2) is 0 Å². The van der Waals surface area contributed by atoms with Crippen molar-refractivity contribution in [2.24, 2.45) is 5.92 Å². The molecule has 1 rings (SSSR count). The molecule has 0 nitrogen and oxygen atoms in total. The molecule has 1 atom stereocenters. The van der Waals surface area contributed by atoms with Crippen LogP contribution >= 0.6 is 0 Å². The Morgan fingerprint density at radius 1 is 1.62 bits per heavy atom. The van der Waals surface area contributed by atoms with E-state index in [1.165, 1.54) is 32.1 Å². The minimum absolute atomic E-state index is 0.986. The summed E-state index contributed by atoms with van der Waals surface area (Å²) >= 11 is 0. The van der Waals surface area contributed by atoms with Crippen LogP contribution in [0.1, 0.15) is 39.0 Å². The smallest absolute Gasteiger partial charge is 0.0355 e. The molecule has 1 unspecified atom stereocenters. The molecule has 1 radical (unpaired) electrons. The Balaban J connectivity index is 2.06. The van der Waals surface area contributed by atoms with Crippen molar-refractivity contribution in [1.29, 1.82) is 0 Å². The molecule has 47 valence electrons. The van der Waals surface area contributed by atoms with Gasteiger partial charge in [0.25, 0.3) is 0 Å². The molecular weight excluding hydrogens is 96.1 g/mol. The highest BCUT2D eigenvalue weighted by Crippen LogP contribution is 2.26. The van der Waals surface area contributed by atoms with Gasteiger partial charge in [-0.2, -0.15) is 0 Å². The minimum atomic E-state index is 0.986. The van der Waals surface area contributed by atoms with Gasteiger partial charge in [0.2, 0.25) is 0 Å². The molecule has 0 aromatic heterocycles. The predicted octanol–water partition coefficient (Wildman–Crippen LogP) is 2.79. The average Bonchev–Trinajstić information content (AvgIpc) is 2.19. The van der Waals surface area contributed by atoms with Gasteiger partial charge in [0.1, 0.15) is 0 Å². The molecule has 0 spiro atoms. The third-order valence-electron chi connectivity index (χ3n) is 1.94. The van der Waals surface area contributed by atoms with Crippen LogP contribution in [0.25, 0.3) is 0 Å². The van der Waals surface area contributed by atoms with E-state index < -0.39 is 0 Å². The fourth-order valence-electron chi connectivity index (χ4n) is 1.48. The van der Waals surface area contributed by atoms with Gasteiger partial charge in [0, 0.05) is 0 Å². The molecular formula is C8H15. The van der Waals surface area contributed by atoms with Crippen LogP contribution in [-0.4, -0.2) is 0 Å². The van der Waals surface area contributed by atoms with E-state index in [1.807, 2.05) is 0 Å². The van der Waals surface area contributed by atoms with E-state index in [1.54, 1.807) is 0 Å². The lowest BCUT2D eigenvalue weighted by atomic mass is 10.0. The summed E-state index contributed by atoms with van der Waals surface area (Å²) in [7, 11) is 0. The van der Waals surface area contributed by atoms with Gasteiger partial charge < -0.3 is 0 Å². The van der Waals surface area contributed by atoms with Crippen LogP contribution in [0.5, 0.6) is 0 Å². The van der Waals surface area contributed by atoms with Crippen molar-refractivity contribution in [3.8, 4) is 0 Å². The SMILES string of the molecule is CCCC1[CH]CCC1. The number of rotatable bonds is 2. The van der Waals surface area contributed by atoms with E-state index in [4.69, 9.17) is 0 Å². The first-order valence-corrected chi connectivity index (χ1v) is 3.77. The Bertz CT molecular complexity index is 51.1. The van der Waals surface area contributed by atoms with E-state index in [2.05, 4.69) is 13.3 Å². The monoisotopic (exact) mass is 111 g/mol. The molecule has 0 aromatic rings. The molecule has 0 heterocycles. The third kappa shape index (κ3) is 1.50. The molecule has 0 amide bonds. The topological polar surface area (TPSA) is 0 Å². The molecule has 0 aliphatic heterocycles. The van der Waals surface area contributed by atoms with Gasteiger partial charge in [-0.3, -0.25) is 0 Å². The zero-order chi connectivity index (χ0) is 5.82. The van der Waals surface area contributed by atoms with Crippen LogP contribution in [0.3, 0.4) is 0 Å². The van der Waals surface area contributed by atoms with E-state index in [0.717, 1.165) is 5.92 Å². The molecule has 1 aliphatic carbocycles. The van der Waals surface area contributed by atoms with E-state index in [-0.39, 0.29) is 0 Å². The highest BCUT2D eigenvalue weighted by Gasteiger charge is 2.12. The first-order valence-electron chi connectivity index (χ1n) is 3.77. The van der Waals surface area contributed by atoms with Gasteiger partial charge in [0.05, 0.1) is 0 Å². The van der Waals surface area contributed by atoms with Crippen LogP contribution in [0.4, 0.5) is 0 Å². The molecule has 0 saturated heterocycles.